The molecule has 1 saturated heterocycles. The van der Waals surface area contributed by atoms with Crippen molar-refractivity contribution in [3.8, 4) is 0 Å². The summed E-state index contributed by atoms with van der Waals surface area (Å²) in [5, 5.41) is 2.92. The number of likely N-dealkylation sites (N-methyl/N-ethyl adjacent to an activating group) is 1. The van der Waals surface area contributed by atoms with Crippen molar-refractivity contribution >= 4 is 5.91 Å². The zero-order chi connectivity index (χ0) is 14.4. The lowest BCUT2D eigenvalue weighted by Gasteiger charge is -2.36. The predicted octanol–water partition coefficient (Wildman–Crippen LogP) is 0.232. The van der Waals surface area contributed by atoms with Gasteiger partial charge in [0.1, 0.15) is 6.33 Å². The Hall–Kier alpha value is -1.53. The summed E-state index contributed by atoms with van der Waals surface area (Å²) in [5.41, 5.74) is 0.514. The molecular formula is C14H23N5O. The van der Waals surface area contributed by atoms with Crippen molar-refractivity contribution in [2.45, 2.75) is 19.4 Å². The van der Waals surface area contributed by atoms with Gasteiger partial charge in [-0.15, -0.1) is 0 Å². The molecule has 0 unspecified atom stereocenters. The number of hydrogen-bond donors (Lipinski definition) is 1. The molecule has 20 heavy (non-hydrogen) atoms. The lowest BCUT2D eigenvalue weighted by atomic mass is 10.1. The highest BCUT2D eigenvalue weighted by Gasteiger charge is 2.18. The van der Waals surface area contributed by atoms with Crippen LogP contribution < -0.4 is 5.32 Å². The number of nitrogens with one attached hydrogen (secondary N) is 1. The Bertz CT molecular complexity index is 417. The van der Waals surface area contributed by atoms with Crippen molar-refractivity contribution in [3.63, 3.8) is 0 Å². The van der Waals surface area contributed by atoms with E-state index in [0.29, 0.717) is 18.2 Å². The molecule has 1 N–H and O–H groups in total. The molecule has 0 saturated carbocycles. The number of carbonyl (C=O) groups is 1. The fourth-order valence-electron chi connectivity index (χ4n) is 2.36. The summed E-state index contributed by atoms with van der Waals surface area (Å²) in [7, 11) is 2.16. The van der Waals surface area contributed by atoms with Crippen molar-refractivity contribution in [2.24, 2.45) is 0 Å². The van der Waals surface area contributed by atoms with Crippen molar-refractivity contribution < 1.29 is 4.79 Å². The highest BCUT2D eigenvalue weighted by molar-refractivity contribution is 5.93. The maximum absolute atomic E-state index is 11.8. The van der Waals surface area contributed by atoms with Crippen LogP contribution in [0, 0.1) is 0 Å². The van der Waals surface area contributed by atoms with Gasteiger partial charge in [-0.2, -0.15) is 0 Å². The van der Waals surface area contributed by atoms with Gasteiger partial charge in [-0.3, -0.25) is 9.69 Å². The highest BCUT2D eigenvalue weighted by atomic mass is 16.1. The second-order valence-electron chi connectivity index (χ2n) is 5.36. The van der Waals surface area contributed by atoms with Crippen LogP contribution in [0.3, 0.4) is 0 Å². The van der Waals surface area contributed by atoms with Gasteiger partial charge >= 0.3 is 0 Å². The maximum atomic E-state index is 11.8. The first-order valence-electron chi connectivity index (χ1n) is 7.12. The maximum Gasteiger partial charge on any atom is 0.254 e. The van der Waals surface area contributed by atoms with Crippen molar-refractivity contribution in [1.29, 1.82) is 0 Å². The standard InChI is InChI=1S/C14H23N5O/c1-12(19-7-5-18(2)6-8-19)3-4-17-14(20)13-9-15-11-16-10-13/h9-12H,3-8H2,1-2H3,(H,17,20)/t12-/m0/s1. The summed E-state index contributed by atoms with van der Waals surface area (Å²) in [6, 6.07) is 0.496. The van der Waals surface area contributed by atoms with E-state index in [1.54, 1.807) is 0 Å². The zero-order valence-electron chi connectivity index (χ0n) is 12.2. The summed E-state index contributed by atoms with van der Waals surface area (Å²) < 4.78 is 0. The van der Waals surface area contributed by atoms with E-state index in [2.05, 4.69) is 39.1 Å². The molecule has 0 spiro atoms. The van der Waals surface area contributed by atoms with Gasteiger partial charge in [0, 0.05) is 51.2 Å². The summed E-state index contributed by atoms with van der Waals surface area (Å²) in [4.78, 5) is 24.4. The Morgan fingerprint density at radius 1 is 1.30 bits per heavy atom. The second-order valence-corrected chi connectivity index (χ2v) is 5.36. The number of amides is 1. The molecule has 110 valence electrons. The number of piperazine rings is 1. The third-order valence-corrected chi connectivity index (χ3v) is 3.83. The summed E-state index contributed by atoms with van der Waals surface area (Å²) in [5.74, 6) is -0.101. The van der Waals surface area contributed by atoms with Gasteiger partial charge in [0.15, 0.2) is 0 Å². The third-order valence-electron chi connectivity index (χ3n) is 3.83. The lowest BCUT2D eigenvalue weighted by molar-refractivity contribution is 0.0934. The quantitative estimate of drug-likeness (QED) is 0.835. The lowest BCUT2D eigenvalue weighted by Crippen LogP contribution is -2.48. The largest absolute Gasteiger partial charge is 0.352 e. The summed E-state index contributed by atoms with van der Waals surface area (Å²) in [6.45, 7) is 7.37. The van der Waals surface area contributed by atoms with Crippen molar-refractivity contribution in [2.75, 3.05) is 39.8 Å². The van der Waals surface area contributed by atoms with Gasteiger partial charge in [0.25, 0.3) is 5.91 Å². The van der Waals surface area contributed by atoms with Crippen LogP contribution in [-0.4, -0.2) is 71.5 Å². The van der Waals surface area contributed by atoms with E-state index in [4.69, 9.17) is 0 Å². The van der Waals surface area contributed by atoms with E-state index >= 15 is 0 Å². The van der Waals surface area contributed by atoms with Gasteiger partial charge in [-0.25, -0.2) is 9.97 Å². The Morgan fingerprint density at radius 3 is 2.60 bits per heavy atom. The third kappa shape index (κ3) is 4.25. The van der Waals surface area contributed by atoms with Crippen LogP contribution in [0.25, 0.3) is 0 Å². The SMILES string of the molecule is C[C@@H](CCNC(=O)c1cncnc1)N1CCN(C)CC1. The minimum absolute atomic E-state index is 0.101. The Balaban J connectivity index is 1.69. The van der Waals surface area contributed by atoms with E-state index in [-0.39, 0.29) is 5.91 Å². The van der Waals surface area contributed by atoms with Gasteiger partial charge in [0.05, 0.1) is 5.56 Å². The highest BCUT2D eigenvalue weighted by Crippen LogP contribution is 2.07. The molecule has 2 rings (SSSR count). The topological polar surface area (TPSA) is 61.4 Å². The van der Waals surface area contributed by atoms with Crippen LogP contribution in [0.1, 0.15) is 23.7 Å². The number of hydrogen-bond acceptors (Lipinski definition) is 5. The van der Waals surface area contributed by atoms with Crippen LogP contribution in [0.4, 0.5) is 0 Å². The fraction of sp³-hybridized carbons (Fsp3) is 0.643. The molecule has 1 aliphatic heterocycles. The Morgan fingerprint density at radius 2 is 1.95 bits per heavy atom. The monoisotopic (exact) mass is 277 g/mol. The zero-order valence-corrected chi connectivity index (χ0v) is 12.2. The number of aromatic nitrogens is 2. The molecule has 1 fully saturated rings. The van der Waals surface area contributed by atoms with Gasteiger partial charge in [0.2, 0.25) is 0 Å². The first-order chi connectivity index (χ1) is 9.66. The van der Waals surface area contributed by atoms with Gasteiger partial charge in [-0.05, 0) is 20.4 Å². The number of nitrogens with zero attached hydrogens (tertiary/aromatic N) is 4. The molecule has 0 aliphatic carbocycles. The van der Waals surface area contributed by atoms with Crippen molar-refractivity contribution in [1.82, 2.24) is 25.1 Å². The molecule has 0 aromatic carbocycles. The molecule has 1 atom stereocenters. The first-order valence-corrected chi connectivity index (χ1v) is 7.12. The molecule has 6 heteroatoms. The van der Waals surface area contributed by atoms with Crippen LogP contribution in [0.5, 0.6) is 0 Å². The second kappa shape index (κ2) is 7.31. The van der Waals surface area contributed by atoms with E-state index in [0.717, 1.165) is 32.6 Å². The molecule has 1 aromatic rings. The minimum Gasteiger partial charge on any atom is -0.352 e. The Kier molecular flexibility index (Phi) is 5.43. The van der Waals surface area contributed by atoms with Gasteiger partial charge < -0.3 is 10.2 Å². The Labute approximate surface area is 120 Å². The summed E-state index contributed by atoms with van der Waals surface area (Å²) in [6.07, 6.45) is 5.45. The molecule has 2 heterocycles. The van der Waals surface area contributed by atoms with E-state index < -0.39 is 0 Å². The van der Waals surface area contributed by atoms with Crippen LogP contribution in [0.15, 0.2) is 18.7 Å². The molecule has 0 radical (unpaired) electrons. The normalized spacial score (nSPS) is 18.7. The number of rotatable bonds is 5. The molecule has 1 aromatic heterocycles. The van der Waals surface area contributed by atoms with Crippen LogP contribution in [-0.2, 0) is 0 Å². The van der Waals surface area contributed by atoms with E-state index in [1.165, 1.54) is 18.7 Å². The molecule has 1 amide bonds. The first kappa shape index (κ1) is 14.9. The average molecular weight is 277 g/mol. The van der Waals surface area contributed by atoms with E-state index in [9.17, 15) is 4.79 Å². The van der Waals surface area contributed by atoms with Crippen LogP contribution in [0.2, 0.25) is 0 Å². The minimum atomic E-state index is -0.101. The van der Waals surface area contributed by atoms with Crippen LogP contribution >= 0.6 is 0 Å². The molecule has 1 aliphatic rings. The summed E-state index contributed by atoms with van der Waals surface area (Å²) >= 11 is 0. The molecule has 6 nitrogen and oxygen atoms in total. The van der Waals surface area contributed by atoms with E-state index in [1.807, 2.05) is 0 Å². The number of carbonyl (C=O) groups excluding carboxylic acids is 1. The predicted molar refractivity (Wildman–Crippen MR) is 77.5 cm³/mol. The molecular weight excluding hydrogens is 254 g/mol. The fourth-order valence-corrected chi connectivity index (χ4v) is 2.36. The smallest absolute Gasteiger partial charge is 0.254 e. The molecule has 0 bridgehead atoms. The van der Waals surface area contributed by atoms with Gasteiger partial charge in [-0.1, -0.05) is 0 Å². The van der Waals surface area contributed by atoms with Crippen molar-refractivity contribution in [3.05, 3.63) is 24.3 Å². The average Bonchev–Trinajstić information content (AvgIpc) is 2.48.